The van der Waals surface area contributed by atoms with Crippen LogP contribution in [0, 0.1) is 5.82 Å². The number of nitrogens with zero attached hydrogens (tertiary/aromatic N) is 2. The molecule has 102 valence electrons. The maximum absolute atomic E-state index is 12.8. The van der Waals surface area contributed by atoms with Gasteiger partial charge in [0, 0.05) is 6.42 Å². The molecule has 1 aliphatic heterocycles. The minimum Gasteiger partial charge on any atom is -0.296 e. The number of unbranched alkanes of at least 4 members (excludes halogenated alkanes) is 1. The number of nitrogens with one attached hydrogen (secondary N) is 1. The highest BCUT2D eigenvalue weighted by Gasteiger charge is 2.22. The largest absolute Gasteiger partial charge is 0.296 e. The van der Waals surface area contributed by atoms with Crippen LogP contribution in [0.3, 0.4) is 0 Å². The van der Waals surface area contributed by atoms with Crippen LogP contribution >= 0.6 is 0 Å². The lowest BCUT2D eigenvalue weighted by Gasteiger charge is -2.17. The lowest BCUT2D eigenvalue weighted by molar-refractivity contribution is -0.121. The van der Waals surface area contributed by atoms with E-state index in [1.54, 1.807) is 23.5 Å². The number of halogens is 1. The SMILES string of the molecule is CCCCC(=O)C1N=CN(Cc2ccc(F)cc2)N1. The molecular weight excluding hydrogens is 245 g/mol. The molecule has 0 saturated heterocycles. The molecular formula is C14H18FN3O. The molecule has 4 nitrogen and oxygen atoms in total. The van der Waals surface area contributed by atoms with Crippen LogP contribution < -0.4 is 5.43 Å². The molecule has 1 aliphatic rings. The van der Waals surface area contributed by atoms with Gasteiger partial charge in [-0.2, -0.15) is 0 Å². The first-order valence-corrected chi connectivity index (χ1v) is 6.52. The van der Waals surface area contributed by atoms with Crippen LogP contribution in [0.25, 0.3) is 0 Å². The van der Waals surface area contributed by atoms with Gasteiger partial charge >= 0.3 is 0 Å². The Morgan fingerprint density at radius 2 is 2.16 bits per heavy atom. The average molecular weight is 263 g/mol. The van der Waals surface area contributed by atoms with Gasteiger partial charge in [0.2, 0.25) is 0 Å². The number of carbonyl (C=O) groups is 1. The number of ketones is 1. The summed E-state index contributed by atoms with van der Waals surface area (Å²) in [5.74, 6) is -0.140. The minimum absolute atomic E-state index is 0.111. The van der Waals surface area contributed by atoms with E-state index in [4.69, 9.17) is 0 Å². The molecule has 0 spiro atoms. The Morgan fingerprint density at radius 1 is 1.42 bits per heavy atom. The Bertz CT molecular complexity index is 458. The predicted octanol–water partition coefficient (Wildman–Crippen LogP) is 2.26. The summed E-state index contributed by atoms with van der Waals surface area (Å²) in [5.41, 5.74) is 3.99. The lowest BCUT2D eigenvalue weighted by atomic mass is 10.1. The molecule has 0 radical (unpaired) electrons. The van der Waals surface area contributed by atoms with Crippen molar-refractivity contribution in [3.63, 3.8) is 0 Å². The first kappa shape index (κ1) is 13.7. The summed E-state index contributed by atoms with van der Waals surface area (Å²) in [6.07, 6.45) is 3.60. The second-order valence-electron chi connectivity index (χ2n) is 4.62. The minimum atomic E-state index is -0.466. The van der Waals surface area contributed by atoms with Crippen molar-refractivity contribution >= 4 is 12.1 Å². The molecule has 0 aromatic heterocycles. The zero-order valence-corrected chi connectivity index (χ0v) is 11.0. The molecule has 19 heavy (non-hydrogen) atoms. The van der Waals surface area contributed by atoms with E-state index in [0.29, 0.717) is 13.0 Å². The Kier molecular flexibility index (Phi) is 4.63. The summed E-state index contributed by atoms with van der Waals surface area (Å²) in [6, 6.07) is 6.28. The summed E-state index contributed by atoms with van der Waals surface area (Å²) in [5, 5.41) is 1.75. The number of hydrogen-bond acceptors (Lipinski definition) is 4. The fraction of sp³-hybridized carbons (Fsp3) is 0.429. The molecule has 0 fully saturated rings. The van der Waals surface area contributed by atoms with Gasteiger partial charge in [-0.15, -0.1) is 0 Å². The van der Waals surface area contributed by atoms with Crippen molar-refractivity contribution in [3.05, 3.63) is 35.6 Å². The highest BCUT2D eigenvalue weighted by molar-refractivity contribution is 5.86. The number of hydrogen-bond donors (Lipinski definition) is 1. The monoisotopic (exact) mass is 263 g/mol. The van der Waals surface area contributed by atoms with Gasteiger partial charge in [-0.3, -0.25) is 9.80 Å². The average Bonchev–Trinajstić information content (AvgIpc) is 2.87. The van der Waals surface area contributed by atoms with Crippen LogP contribution in [-0.4, -0.2) is 23.3 Å². The highest BCUT2D eigenvalue weighted by atomic mass is 19.1. The lowest BCUT2D eigenvalue weighted by Crippen LogP contribution is -2.40. The zero-order valence-electron chi connectivity index (χ0n) is 11.0. The van der Waals surface area contributed by atoms with Crippen LogP contribution in [0.1, 0.15) is 31.7 Å². The van der Waals surface area contributed by atoms with Gasteiger partial charge < -0.3 is 0 Å². The van der Waals surface area contributed by atoms with Crippen LogP contribution in [0.4, 0.5) is 4.39 Å². The predicted molar refractivity (Wildman–Crippen MR) is 71.9 cm³/mol. The van der Waals surface area contributed by atoms with Gasteiger partial charge in [-0.25, -0.2) is 14.8 Å². The second-order valence-corrected chi connectivity index (χ2v) is 4.62. The van der Waals surface area contributed by atoms with Crippen LogP contribution in [-0.2, 0) is 11.3 Å². The summed E-state index contributed by atoms with van der Waals surface area (Å²) in [4.78, 5) is 15.9. The van der Waals surface area contributed by atoms with Crippen molar-refractivity contribution < 1.29 is 9.18 Å². The third kappa shape index (κ3) is 3.86. The zero-order chi connectivity index (χ0) is 13.7. The van der Waals surface area contributed by atoms with Gasteiger partial charge in [-0.05, 0) is 24.1 Å². The van der Waals surface area contributed by atoms with E-state index in [0.717, 1.165) is 18.4 Å². The van der Waals surface area contributed by atoms with Crippen molar-refractivity contribution in [3.8, 4) is 0 Å². The molecule has 5 heteroatoms. The summed E-state index contributed by atoms with van der Waals surface area (Å²) < 4.78 is 12.8. The molecule has 1 atom stereocenters. The number of aliphatic imine (C=N–C) groups is 1. The highest BCUT2D eigenvalue weighted by Crippen LogP contribution is 2.09. The van der Waals surface area contributed by atoms with E-state index in [9.17, 15) is 9.18 Å². The Labute approximate surface area is 112 Å². The molecule has 0 amide bonds. The standard InChI is InChI=1S/C14H18FN3O/c1-2-3-4-13(19)14-16-10-18(17-14)9-11-5-7-12(15)8-6-11/h5-8,10,14,17H,2-4,9H2,1H3. The van der Waals surface area contributed by atoms with Crippen molar-refractivity contribution in [1.29, 1.82) is 0 Å². The first-order chi connectivity index (χ1) is 9.19. The number of rotatable bonds is 6. The number of carbonyl (C=O) groups excluding carboxylic acids is 1. The number of Topliss-reactive ketones (excluding diaryl/α,β-unsaturated/α-hetero) is 1. The molecule has 0 bridgehead atoms. The van der Waals surface area contributed by atoms with Gasteiger partial charge in [0.15, 0.2) is 11.9 Å². The molecule has 1 aromatic rings. The van der Waals surface area contributed by atoms with Crippen LogP contribution in [0.2, 0.25) is 0 Å². The van der Waals surface area contributed by atoms with E-state index in [1.165, 1.54) is 12.1 Å². The fourth-order valence-electron chi connectivity index (χ4n) is 1.89. The van der Waals surface area contributed by atoms with Crippen molar-refractivity contribution in [2.24, 2.45) is 4.99 Å². The van der Waals surface area contributed by atoms with Gasteiger partial charge in [-0.1, -0.05) is 25.5 Å². The number of benzene rings is 1. The summed E-state index contributed by atoms with van der Waals surface area (Å²) >= 11 is 0. The first-order valence-electron chi connectivity index (χ1n) is 6.52. The third-order valence-electron chi connectivity index (χ3n) is 2.99. The summed E-state index contributed by atoms with van der Waals surface area (Å²) in [7, 11) is 0. The molecule has 0 saturated carbocycles. The van der Waals surface area contributed by atoms with Crippen molar-refractivity contribution in [1.82, 2.24) is 10.4 Å². The maximum Gasteiger partial charge on any atom is 0.177 e. The van der Waals surface area contributed by atoms with E-state index >= 15 is 0 Å². The van der Waals surface area contributed by atoms with Gasteiger partial charge in [0.05, 0.1) is 6.54 Å². The topological polar surface area (TPSA) is 44.7 Å². The molecule has 1 aromatic carbocycles. The molecule has 2 rings (SSSR count). The Balaban J connectivity index is 1.84. The molecule has 1 heterocycles. The summed E-state index contributed by atoms with van der Waals surface area (Å²) in [6.45, 7) is 2.61. The van der Waals surface area contributed by atoms with Gasteiger partial charge in [0.25, 0.3) is 0 Å². The van der Waals surface area contributed by atoms with Crippen molar-refractivity contribution in [2.75, 3.05) is 0 Å². The Morgan fingerprint density at radius 3 is 2.84 bits per heavy atom. The quantitative estimate of drug-likeness (QED) is 0.856. The third-order valence-corrected chi connectivity index (χ3v) is 2.99. The van der Waals surface area contributed by atoms with Crippen molar-refractivity contribution in [2.45, 2.75) is 38.9 Å². The molecule has 0 aliphatic carbocycles. The van der Waals surface area contributed by atoms with Gasteiger partial charge in [0.1, 0.15) is 12.2 Å². The second kappa shape index (κ2) is 6.43. The Hall–Kier alpha value is -1.75. The van der Waals surface area contributed by atoms with E-state index in [1.807, 2.05) is 0 Å². The molecule has 1 N–H and O–H groups in total. The molecule has 1 unspecified atom stereocenters. The number of hydrazine groups is 1. The normalized spacial score (nSPS) is 18.0. The van der Waals surface area contributed by atoms with Crippen LogP contribution in [0.15, 0.2) is 29.3 Å². The fourth-order valence-corrected chi connectivity index (χ4v) is 1.89. The van der Waals surface area contributed by atoms with E-state index < -0.39 is 6.17 Å². The maximum atomic E-state index is 12.8. The van der Waals surface area contributed by atoms with E-state index in [-0.39, 0.29) is 11.6 Å². The van der Waals surface area contributed by atoms with Crippen LogP contribution in [0.5, 0.6) is 0 Å². The smallest absolute Gasteiger partial charge is 0.177 e. The van der Waals surface area contributed by atoms with E-state index in [2.05, 4.69) is 17.3 Å².